The summed E-state index contributed by atoms with van der Waals surface area (Å²) in [5.74, 6) is 0.702. The Hall–Kier alpha value is -0.120. The number of rotatable bonds is 10. The molecule has 0 amide bonds. The molecule has 0 bridgehead atoms. The zero-order chi connectivity index (χ0) is 13.3. The number of hydrogen-bond acceptors (Lipinski definition) is 3. The Labute approximate surface area is 109 Å². The second kappa shape index (κ2) is 9.86. The molecule has 1 atom stereocenters. The van der Waals surface area contributed by atoms with Crippen LogP contribution < -0.4 is 5.32 Å². The van der Waals surface area contributed by atoms with E-state index in [1.54, 1.807) is 0 Å². The maximum absolute atomic E-state index is 3.60. The first-order valence-corrected chi connectivity index (χ1v) is 7.11. The summed E-state index contributed by atoms with van der Waals surface area (Å²) < 4.78 is 0. The fourth-order valence-corrected chi connectivity index (χ4v) is 2.00. The predicted octanol–water partition coefficient (Wildman–Crippen LogP) is 1.89. The Balaban J connectivity index is 4.17. The van der Waals surface area contributed by atoms with Gasteiger partial charge in [-0.25, -0.2) is 0 Å². The molecule has 0 heterocycles. The van der Waals surface area contributed by atoms with Gasteiger partial charge in [-0.1, -0.05) is 27.7 Å². The van der Waals surface area contributed by atoms with Gasteiger partial charge in [-0.05, 0) is 39.5 Å². The van der Waals surface area contributed by atoms with E-state index < -0.39 is 0 Å². The van der Waals surface area contributed by atoms with Crippen molar-refractivity contribution in [1.29, 1.82) is 0 Å². The van der Waals surface area contributed by atoms with Gasteiger partial charge in [0.25, 0.3) is 0 Å². The third-order valence-electron chi connectivity index (χ3n) is 3.13. The molecule has 0 rings (SSSR count). The summed E-state index contributed by atoms with van der Waals surface area (Å²) in [6.45, 7) is 14.9. The molecule has 0 radical (unpaired) electrons. The first-order valence-electron chi connectivity index (χ1n) is 7.11. The minimum absolute atomic E-state index is 0.619. The summed E-state index contributed by atoms with van der Waals surface area (Å²) >= 11 is 0. The maximum atomic E-state index is 3.60. The van der Waals surface area contributed by atoms with E-state index >= 15 is 0 Å². The minimum atomic E-state index is 0.619. The number of nitrogens with one attached hydrogen (secondary N) is 1. The zero-order valence-electron chi connectivity index (χ0n) is 12.8. The standard InChI is InChI=1S/C14H33N3/c1-7-9-17(11-10-16(5)6)12-14(13(3)4)15-8-2/h13-15H,7-12H2,1-6H3. The molecule has 0 spiro atoms. The van der Waals surface area contributed by atoms with Gasteiger partial charge in [0.2, 0.25) is 0 Å². The lowest BCUT2D eigenvalue weighted by molar-refractivity contribution is 0.201. The van der Waals surface area contributed by atoms with Crippen LogP contribution in [-0.2, 0) is 0 Å². The SMILES string of the molecule is CCCN(CCN(C)C)CC(NCC)C(C)C. The first kappa shape index (κ1) is 16.9. The van der Waals surface area contributed by atoms with Crippen LogP contribution in [0.1, 0.15) is 34.1 Å². The molecule has 0 saturated carbocycles. The van der Waals surface area contributed by atoms with E-state index in [-0.39, 0.29) is 0 Å². The Bertz CT molecular complexity index is 169. The van der Waals surface area contributed by atoms with E-state index in [2.05, 4.69) is 56.9 Å². The molecule has 0 aliphatic rings. The molecule has 104 valence electrons. The van der Waals surface area contributed by atoms with Gasteiger partial charge >= 0.3 is 0 Å². The van der Waals surface area contributed by atoms with Gasteiger partial charge < -0.3 is 15.1 Å². The third-order valence-corrected chi connectivity index (χ3v) is 3.13. The molecule has 0 aliphatic carbocycles. The smallest absolute Gasteiger partial charge is 0.0217 e. The molecule has 1 N–H and O–H groups in total. The van der Waals surface area contributed by atoms with Gasteiger partial charge in [-0.3, -0.25) is 0 Å². The Morgan fingerprint density at radius 1 is 1.00 bits per heavy atom. The molecular formula is C14H33N3. The highest BCUT2D eigenvalue weighted by Gasteiger charge is 2.16. The predicted molar refractivity (Wildman–Crippen MR) is 77.6 cm³/mol. The van der Waals surface area contributed by atoms with Crippen LogP contribution >= 0.6 is 0 Å². The van der Waals surface area contributed by atoms with Gasteiger partial charge in [-0.2, -0.15) is 0 Å². The molecule has 0 aromatic rings. The van der Waals surface area contributed by atoms with Crippen LogP contribution in [0.4, 0.5) is 0 Å². The number of nitrogens with zero attached hydrogens (tertiary/aromatic N) is 2. The molecule has 1 unspecified atom stereocenters. The normalized spacial score (nSPS) is 13.9. The summed E-state index contributed by atoms with van der Waals surface area (Å²) in [5, 5.41) is 3.60. The van der Waals surface area contributed by atoms with E-state index in [9.17, 15) is 0 Å². The minimum Gasteiger partial charge on any atom is -0.313 e. The topological polar surface area (TPSA) is 18.5 Å². The maximum Gasteiger partial charge on any atom is 0.0217 e. The van der Waals surface area contributed by atoms with E-state index in [4.69, 9.17) is 0 Å². The first-order chi connectivity index (χ1) is 8.01. The fourth-order valence-electron chi connectivity index (χ4n) is 2.00. The second-order valence-electron chi connectivity index (χ2n) is 5.51. The highest BCUT2D eigenvalue weighted by Crippen LogP contribution is 2.05. The average molecular weight is 243 g/mol. The fraction of sp³-hybridized carbons (Fsp3) is 1.00. The molecule has 0 aliphatic heterocycles. The van der Waals surface area contributed by atoms with Gasteiger partial charge in [0.15, 0.2) is 0 Å². The third kappa shape index (κ3) is 8.58. The van der Waals surface area contributed by atoms with Crippen LogP contribution in [0.2, 0.25) is 0 Å². The summed E-state index contributed by atoms with van der Waals surface area (Å²) in [5.41, 5.74) is 0. The van der Waals surface area contributed by atoms with Gasteiger partial charge in [0.05, 0.1) is 0 Å². The van der Waals surface area contributed by atoms with Crippen molar-refractivity contribution in [3.05, 3.63) is 0 Å². The monoisotopic (exact) mass is 243 g/mol. The Morgan fingerprint density at radius 2 is 1.65 bits per heavy atom. The molecule has 3 heteroatoms. The van der Waals surface area contributed by atoms with Crippen molar-refractivity contribution in [3.8, 4) is 0 Å². The van der Waals surface area contributed by atoms with Crippen LogP contribution in [0.5, 0.6) is 0 Å². The van der Waals surface area contributed by atoms with Crippen molar-refractivity contribution in [3.63, 3.8) is 0 Å². The quantitative estimate of drug-likeness (QED) is 0.632. The van der Waals surface area contributed by atoms with Crippen LogP contribution in [0.3, 0.4) is 0 Å². The molecule has 17 heavy (non-hydrogen) atoms. The summed E-state index contributed by atoms with van der Waals surface area (Å²) in [6.07, 6.45) is 1.24. The lowest BCUT2D eigenvalue weighted by Crippen LogP contribution is -2.46. The van der Waals surface area contributed by atoms with Crippen molar-refractivity contribution in [2.45, 2.75) is 40.2 Å². The van der Waals surface area contributed by atoms with E-state index in [1.165, 1.54) is 26.1 Å². The molecule has 0 aromatic carbocycles. The van der Waals surface area contributed by atoms with Gasteiger partial charge in [0.1, 0.15) is 0 Å². The number of hydrogen-bond donors (Lipinski definition) is 1. The van der Waals surface area contributed by atoms with Crippen molar-refractivity contribution >= 4 is 0 Å². The highest BCUT2D eigenvalue weighted by molar-refractivity contribution is 4.75. The van der Waals surface area contributed by atoms with Crippen molar-refractivity contribution < 1.29 is 0 Å². The van der Waals surface area contributed by atoms with Gasteiger partial charge in [-0.15, -0.1) is 0 Å². The van der Waals surface area contributed by atoms with Gasteiger partial charge in [0, 0.05) is 25.7 Å². The molecular weight excluding hydrogens is 210 g/mol. The van der Waals surface area contributed by atoms with Crippen LogP contribution in [0.15, 0.2) is 0 Å². The molecule has 3 nitrogen and oxygen atoms in total. The Morgan fingerprint density at radius 3 is 2.06 bits per heavy atom. The average Bonchev–Trinajstić information content (AvgIpc) is 2.25. The largest absolute Gasteiger partial charge is 0.313 e. The number of likely N-dealkylation sites (N-methyl/N-ethyl adjacent to an activating group) is 2. The summed E-state index contributed by atoms with van der Waals surface area (Å²) in [7, 11) is 4.29. The van der Waals surface area contributed by atoms with Crippen LogP contribution in [-0.4, -0.2) is 62.7 Å². The summed E-state index contributed by atoms with van der Waals surface area (Å²) in [6, 6.07) is 0.619. The van der Waals surface area contributed by atoms with Crippen molar-refractivity contribution in [1.82, 2.24) is 15.1 Å². The zero-order valence-corrected chi connectivity index (χ0v) is 12.8. The second-order valence-corrected chi connectivity index (χ2v) is 5.51. The summed E-state index contributed by atoms with van der Waals surface area (Å²) in [4.78, 5) is 4.85. The Kier molecular flexibility index (Phi) is 9.79. The molecule has 0 aromatic heterocycles. The van der Waals surface area contributed by atoms with E-state index in [1.807, 2.05) is 0 Å². The lowest BCUT2D eigenvalue weighted by Gasteiger charge is -2.30. The lowest BCUT2D eigenvalue weighted by atomic mass is 10.0. The molecule has 0 fully saturated rings. The van der Waals surface area contributed by atoms with Crippen molar-refractivity contribution in [2.24, 2.45) is 5.92 Å². The van der Waals surface area contributed by atoms with E-state index in [0.29, 0.717) is 12.0 Å². The van der Waals surface area contributed by atoms with Crippen LogP contribution in [0.25, 0.3) is 0 Å². The highest BCUT2D eigenvalue weighted by atomic mass is 15.2. The molecule has 0 saturated heterocycles. The van der Waals surface area contributed by atoms with E-state index in [0.717, 1.165) is 13.1 Å². The van der Waals surface area contributed by atoms with Crippen LogP contribution in [0, 0.1) is 5.92 Å². The van der Waals surface area contributed by atoms with Crippen molar-refractivity contribution in [2.75, 3.05) is 46.8 Å².